The summed E-state index contributed by atoms with van der Waals surface area (Å²) in [6, 6.07) is 0. The summed E-state index contributed by atoms with van der Waals surface area (Å²) in [7, 11) is 0. The minimum absolute atomic E-state index is 0.191. The number of aliphatic hydroxyl groups excluding tert-OH is 1. The Kier molecular flexibility index (Phi) is 33.0. The molecule has 0 unspecified atom stereocenters. The van der Waals surface area contributed by atoms with Crippen LogP contribution in [0.25, 0.3) is 0 Å². The third-order valence-corrected chi connectivity index (χ3v) is 5.12. The van der Waals surface area contributed by atoms with Gasteiger partial charge in [-0.05, 0) is 32.1 Å². The molecule has 168 valence electrons. The number of allylic oxidation sites excluding steroid dienone is 3. The first-order valence-corrected chi connectivity index (χ1v) is 12.7. The highest BCUT2D eigenvalue weighted by Gasteiger charge is 1.90. The van der Waals surface area contributed by atoms with Crippen molar-refractivity contribution in [2.75, 3.05) is 6.61 Å². The van der Waals surface area contributed by atoms with E-state index in [0.717, 1.165) is 6.42 Å². The van der Waals surface area contributed by atoms with Gasteiger partial charge in [-0.25, -0.2) is 0 Å². The monoisotopic (exact) mass is 394 g/mol. The SMILES string of the molecule is CCC=CCCCCCCCCCC.CCCCCCCCCCC=CCO. The Labute approximate surface area is 179 Å². The van der Waals surface area contributed by atoms with Crippen LogP contribution in [0.1, 0.15) is 143 Å². The molecule has 0 radical (unpaired) electrons. The molecular formula is C27H54O. The standard InChI is InChI=1S/C14H28.C13H26O/c1-3-5-7-9-11-13-14-12-10-8-6-4-2;1-2-3-4-5-6-7-8-9-10-11-12-13-14/h5,7H,3-4,6,8-14H2,1-2H3;11-12,14H,2-10,13H2,1H3. The molecule has 0 aromatic heterocycles. The first-order valence-electron chi connectivity index (χ1n) is 12.7. The normalized spacial score (nSPS) is 11.3. The van der Waals surface area contributed by atoms with Gasteiger partial charge >= 0.3 is 0 Å². The van der Waals surface area contributed by atoms with E-state index in [1.807, 2.05) is 6.08 Å². The number of unbranched alkanes of at least 4 members (excludes halogenated alkanes) is 16. The zero-order chi connectivity index (χ0) is 21.0. The van der Waals surface area contributed by atoms with Crippen LogP contribution in [-0.4, -0.2) is 11.7 Å². The van der Waals surface area contributed by atoms with Crippen molar-refractivity contribution in [3.8, 4) is 0 Å². The van der Waals surface area contributed by atoms with Gasteiger partial charge in [-0.2, -0.15) is 0 Å². The van der Waals surface area contributed by atoms with Gasteiger partial charge in [-0.3, -0.25) is 0 Å². The molecule has 0 saturated heterocycles. The Balaban J connectivity index is 0. The number of hydrogen-bond acceptors (Lipinski definition) is 1. The van der Waals surface area contributed by atoms with Crippen LogP contribution in [0.5, 0.6) is 0 Å². The fourth-order valence-electron chi connectivity index (χ4n) is 3.27. The van der Waals surface area contributed by atoms with Crippen molar-refractivity contribution in [3.63, 3.8) is 0 Å². The largest absolute Gasteiger partial charge is 0.392 e. The van der Waals surface area contributed by atoms with Crippen molar-refractivity contribution in [3.05, 3.63) is 24.3 Å². The molecule has 0 aliphatic carbocycles. The second-order valence-electron chi connectivity index (χ2n) is 8.06. The highest BCUT2D eigenvalue weighted by Crippen LogP contribution is 2.10. The lowest BCUT2D eigenvalue weighted by Crippen LogP contribution is -1.80. The van der Waals surface area contributed by atoms with E-state index in [1.165, 1.54) is 116 Å². The van der Waals surface area contributed by atoms with Gasteiger partial charge in [-0.1, -0.05) is 135 Å². The molecule has 0 aliphatic rings. The lowest BCUT2D eigenvalue weighted by atomic mass is 10.1. The molecule has 0 atom stereocenters. The summed E-state index contributed by atoms with van der Waals surface area (Å²) < 4.78 is 0. The zero-order valence-corrected chi connectivity index (χ0v) is 19.9. The summed E-state index contributed by atoms with van der Waals surface area (Å²) in [6.45, 7) is 6.93. The van der Waals surface area contributed by atoms with Crippen LogP contribution in [0.4, 0.5) is 0 Å². The summed E-state index contributed by atoms with van der Waals surface area (Å²) in [5.74, 6) is 0. The van der Waals surface area contributed by atoms with Gasteiger partial charge < -0.3 is 5.11 Å². The van der Waals surface area contributed by atoms with Gasteiger partial charge in [0.05, 0.1) is 6.61 Å². The first kappa shape index (κ1) is 29.6. The summed E-state index contributed by atoms with van der Waals surface area (Å²) in [4.78, 5) is 0. The fraction of sp³-hybridized carbons (Fsp3) is 0.852. The van der Waals surface area contributed by atoms with Crippen LogP contribution < -0.4 is 0 Å². The molecule has 0 spiro atoms. The summed E-state index contributed by atoms with van der Waals surface area (Å²) in [6.07, 6.45) is 34.6. The van der Waals surface area contributed by atoms with E-state index in [0.29, 0.717) is 0 Å². The predicted molar refractivity (Wildman–Crippen MR) is 130 cm³/mol. The molecule has 28 heavy (non-hydrogen) atoms. The molecule has 0 aromatic rings. The molecule has 1 N–H and O–H groups in total. The molecule has 1 heteroatoms. The van der Waals surface area contributed by atoms with Crippen LogP contribution in [-0.2, 0) is 0 Å². The van der Waals surface area contributed by atoms with E-state index >= 15 is 0 Å². The number of rotatable bonds is 20. The van der Waals surface area contributed by atoms with E-state index < -0.39 is 0 Å². The Bertz CT molecular complexity index is 263. The van der Waals surface area contributed by atoms with E-state index in [1.54, 1.807) is 0 Å². The quantitative estimate of drug-likeness (QED) is 0.161. The van der Waals surface area contributed by atoms with Crippen LogP contribution in [0.2, 0.25) is 0 Å². The molecule has 0 bridgehead atoms. The third-order valence-electron chi connectivity index (χ3n) is 5.12. The second kappa shape index (κ2) is 31.1. The van der Waals surface area contributed by atoms with Crippen LogP contribution in [0.3, 0.4) is 0 Å². The Morgan fingerprint density at radius 3 is 1.14 bits per heavy atom. The van der Waals surface area contributed by atoms with Gasteiger partial charge in [0.15, 0.2) is 0 Å². The van der Waals surface area contributed by atoms with Crippen LogP contribution >= 0.6 is 0 Å². The average Bonchev–Trinajstić information content (AvgIpc) is 2.71. The van der Waals surface area contributed by atoms with Gasteiger partial charge in [0, 0.05) is 0 Å². The van der Waals surface area contributed by atoms with Crippen molar-refractivity contribution in [1.82, 2.24) is 0 Å². The van der Waals surface area contributed by atoms with Crippen molar-refractivity contribution >= 4 is 0 Å². The first-order chi connectivity index (χ1) is 13.8. The highest BCUT2D eigenvalue weighted by atomic mass is 16.2. The summed E-state index contributed by atoms with van der Waals surface area (Å²) >= 11 is 0. The second-order valence-corrected chi connectivity index (χ2v) is 8.06. The Morgan fingerprint density at radius 1 is 0.429 bits per heavy atom. The average molecular weight is 395 g/mol. The zero-order valence-electron chi connectivity index (χ0n) is 19.9. The third kappa shape index (κ3) is 33.1. The molecule has 0 saturated carbocycles. The topological polar surface area (TPSA) is 20.2 Å². The smallest absolute Gasteiger partial charge is 0.0612 e. The predicted octanol–water partition coefficient (Wildman–Crippen LogP) is 9.55. The molecule has 0 rings (SSSR count). The molecule has 0 amide bonds. The van der Waals surface area contributed by atoms with Crippen molar-refractivity contribution in [2.24, 2.45) is 0 Å². The van der Waals surface area contributed by atoms with E-state index in [9.17, 15) is 0 Å². The van der Waals surface area contributed by atoms with Gasteiger partial charge in [-0.15, -0.1) is 0 Å². The lowest BCUT2D eigenvalue weighted by molar-refractivity contribution is 0.342. The van der Waals surface area contributed by atoms with Gasteiger partial charge in [0.25, 0.3) is 0 Å². The molecule has 1 nitrogen and oxygen atoms in total. The highest BCUT2D eigenvalue weighted by molar-refractivity contribution is 4.80. The Morgan fingerprint density at radius 2 is 0.786 bits per heavy atom. The molecule has 0 aliphatic heterocycles. The summed E-state index contributed by atoms with van der Waals surface area (Å²) in [5, 5.41) is 8.50. The minimum Gasteiger partial charge on any atom is -0.392 e. The van der Waals surface area contributed by atoms with E-state index in [-0.39, 0.29) is 6.61 Å². The van der Waals surface area contributed by atoms with Gasteiger partial charge in [0.2, 0.25) is 0 Å². The lowest BCUT2D eigenvalue weighted by Gasteiger charge is -1.99. The van der Waals surface area contributed by atoms with Crippen LogP contribution in [0.15, 0.2) is 24.3 Å². The number of aliphatic hydroxyl groups is 1. The molecule has 0 aromatic carbocycles. The summed E-state index contributed by atoms with van der Waals surface area (Å²) in [5.41, 5.74) is 0. The van der Waals surface area contributed by atoms with Crippen molar-refractivity contribution < 1.29 is 5.11 Å². The van der Waals surface area contributed by atoms with Crippen molar-refractivity contribution in [2.45, 2.75) is 143 Å². The maximum Gasteiger partial charge on any atom is 0.0612 e. The maximum absolute atomic E-state index is 8.50. The molecular weight excluding hydrogens is 340 g/mol. The van der Waals surface area contributed by atoms with Crippen molar-refractivity contribution in [1.29, 1.82) is 0 Å². The van der Waals surface area contributed by atoms with Crippen LogP contribution in [0, 0.1) is 0 Å². The van der Waals surface area contributed by atoms with Gasteiger partial charge in [0.1, 0.15) is 0 Å². The number of hydrogen-bond donors (Lipinski definition) is 1. The minimum atomic E-state index is 0.191. The van der Waals surface area contributed by atoms with E-state index in [4.69, 9.17) is 5.11 Å². The fourth-order valence-corrected chi connectivity index (χ4v) is 3.27. The molecule has 0 fully saturated rings. The Hall–Kier alpha value is -0.560. The maximum atomic E-state index is 8.50. The molecule has 0 heterocycles. The van der Waals surface area contributed by atoms with E-state index in [2.05, 4.69) is 39.0 Å².